The Morgan fingerprint density at radius 2 is 1.76 bits per heavy atom. The summed E-state index contributed by atoms with van der Waals surface area (Å²) >= 11 is 7.45. The third kappa shape index (κ3) is 3.26. The van der Waals surface area contributed by atoms with Crippen LogP contribution < -0.4 is 5.32 Å². The number of hydrogen-bond donors (Lipinski definition) is 1. The summed E-state index contributed by atoms with van der Waals surface area (Å²) in [5.41, 5.74) is 3.66. The molecule has 0 aliphatic heterocycles. The summed E-state index contributed by atoms with van der Waals surface area (Å²) in [7, 11) is 0. The van der Waals surface area contributed by atoms with Crippen molar-refractivity contribution in [3.05, 3.63) is 70.7 Å². The maximum Gasteiger partial charge on any atom is 0.237 e. The average Bonchev–Trinajstić information content (AvgIpc) is 3.04. The third-order valence-corrected chi connectivity index (χ3v) is 5.99. The molecule has 0 unspecified atom stereocenters. The summed E-state index contributed by atoms with van der Waals surface area (Å²) in [6.45, 7) is 1.93. The van der Waals surface area contributed by atoms with Crippen LogP contribution in [-0.4, -0.2) is 11.2 Å². The fraction of sp³-hybridized carbons (Fsp3) is 0.190. The van der Waals surface area contributed by atoms with Gasteiger partial charge in [-0.15, -0.1) is 11.8 Å². The Morgan fingerprint density at radius 1 is 1.04 bits per heavy atom. The Hall–Kier alpha value is -1.97. The summed E-state index contributed by atoms with van der Waals surface area (Å²) in [5.74, 6) is 0.0126. The summed E-state index contributed by atoms with van der Waals surface area (Å²) in [6, 6.07) is 18.1. The zero-order valence-electron chi connectivity index (χ0n) is 13.9. The van der Waals surface area contributed by atoms with Crippen molar-refractivity contribution in [2.75, 3.05) is 5.32 Å². The van der Waals surface area contributed by atoms with E-state index in [1.54, 1.807) is 0 Å². The summed E-state index contributed by atoms with van der Waals surface area (Å²) < 4.78 is 0. The number of carbonyl (C=O) groups excluding carboxylic acids is 1. The minimum absolute atomic E-state index is 0.0126. The van der Waals surface area contributed by atoms with Crippen LogP contribution in [0.5, 0.6) is 0 Å². The van der Waals surface area contributed by atoms with Crippen LogP contribution in [0, 0.1) is 0 Å². The molecule has 2 nitrogen and oxygen atoms in total. The first kappa shape index (κ1) is 16.5. The second-order valence-electron chi connectivity index (χ2n) is 6.32. The highest BCUT2D eigenvalue weighted by atomic mass is 35.5. The third-order valence-electron chi connectivity index (χ3n) is 4.63. The van der Waals surface area contributed by atoms with E-state index in [9.17, 15) is 4.79 Å². The van der Waals surface area contributed by atoms with E-state index in [-0.39, 0.29) is 11.2 Å². The molecule has 1 N–H and O–H groups in total. The van der Waals surface area contributed by atoms with Crippen molar-refractivity contribution in [3.8, 4) is 0 Å². The predicted octanol–water partition coefficient (Wildman–Crippen LogP) is 5.71. The molecule has 3 aromatic carbocycles. The molecule has 1 aliphatic rings. The average molecular weight is 368 g/mol. The second kappa shape index (κ2) is 6.74. The minimum Gasteiger partial charge on any atom is -0.325 e. The van der Waals surface area contributed by atoms with Crippen LogP contribution in [0.15, 0.2) is 59.5 Å². The molecular weight excluding hydrogens is 350 g/mol. The lowest BCUT2D eigenvalue weighted by molar-refractivity contribution is -0.115. The highest BCUT2D eigenvalue weighted by molar-refractivity contribution is 8.00. The van der Waals surface area contributed by atoms with E-state index < -0.39 is 0 Å². The molecule has 25 heavy (non-hydrogen) atoms. The van der Waals surface area contributed by atoms with Crippen LogP contribution in [0.3, 0.4) is 0 Å². The lowest BCUT2D eigenvalue weighted by atomic mass is 10.0. The zero-order chi connectivity index (χ0) is 17.4. The number of rotatable bonds is 4. The molecule has 0 radical (unpaired) electrons. The van der Waals surface area contributed by atoms with Gasteiger partial charge in [0.05, 0.1) is 5.25 Å². The van der Waals surface area contributed by atoms with Gasteiger partial charge in [-0.25, -0.2) is 0 Å². The van der Waals surface area contributed by atoms with E-state index in [0.29, 0.717) is 5.02 Å². The largest absolute Gasteiger partial charge is 0.325 e. The van der Waals surface area contributed by atoms with Gasteiger partial charge < -0.3 is 5.32 Å². The summed E-state index contributed by atoms with van der Waals surface area (Å²) in [4.78, 5) is 13.7. The number of anilines is 1. The Kier molecular flexibility index (Phi) is 4.45. The maximum atomic E-state index is 12.7. The highest BCUT2D eigenvalue weighted by Gasteiger charge is 2.19. The fourth-order valence-corrected chi connectivity index (χ4v) is 4.35. The highest BCUT2D eigenvalue weighted by Crippen LogP contribution is 2.35. The number of benzene rings is 3. The molecule has 4 heteroatoms. The van der Waals surface area contributed by atoms with Gasteiger partial charge in [0.1, 0.15) is 0 Å². The summed E-state index contributed by atoms with van der Waals surface area (Å²) in [5, 5.41) is 6.09. The van der Waals surface area contributed by atoms with Gasteiger partial charge in [0, 0.05) is 21.0 Å². The minimum atomic E-state index is -0.191. The molecule has 0 spiro atoms. The molecule has 0 bridgehead atoms. The molecule has 1 atom stereocenters. The first-order valence-corrected chi connectivity index (χ1v) is 9.64. The molecule has 126 valence electrons. The Labute approximate surface area is 156 Å². The van der Waals surface area contributed by atoms with Gasteiger partial charge in [-0.2, -0.15) is 0 Å². The molecule has 1 amide bonds. The number of thioether (sulfide) groups is 1. The molecule has 0 aromatic heterocycles. The predicted molar refractivity (Wildman–Crippen MR) is 107 cm³/mol. The van der Waals surface area contributed by atoms with Gasteiger partial charge >= 0.3 is 0 Å². The van der Waals surface area contributed by atoms with Crippen molar-refractivity contribution in [3.63, 3.8) is 0 Å². The molecule has 0 saturated carbocycles. The van der Waals surface area contributed by atoms with Crippen LogP contribution >= 0.6 is 23.4 Å². The van der Waals surface area contributed by atoms with E-state index in [4.69, 9.17) is 11.6 Å². The number of amides is 1. The van der Waals surface area contributed by atoms with Crippen LogP contribution in [0.25, 0.3) is 10.8 Å². The lowest BCUT2D eigenvalue weighted by Gasteiger charge is -2.14. The maximum absolute atomic E-state index is 12.7. The van der Waals surface area contributed by atoms with Gasteiger partial charge in [-0.1, -0.05) is 35.9 Å². The molecule has 0 saturated heterocycles. The number of carbonyl (C=O) groups is 1. The van der Waals surface area contributed by atoms with Gasteiger partial charge in [0.25, 0.3) is 0 Å². The Balaban J connectivity index is 1.55. The van der Waals surface area contributed by atoms with Crippen molar-refractivity contribution >= 4 is 45.7 Å². The van der Waals surface area contributed by atoms with Gasteiger partial charge in [-0.05, 0) is 66.6 Å². The zero-order valence-corrected chi connectivity index (χ0v) is 15.5. The standard InChI is InChI=1S/C21H18ClNOS/c1-13(25-17-10-8-16(22)9-11-17)21(24)23-19-12-7-15-6-5-14-3-2-4-18(19)20(14)15/h2-4,7-13H,5-6H2,1H3,(H,23,24)/t13-/m1/s1. The van der Waals surface area contributed by atoms with E-state index in [1.165, 1.54) is 28.3 Å². The van der Waals surface area contributed by atoms with Gasteiger partial charge in [-0.3, -0.25) is 4.79 Å². The first-order valence-electron chi connectivity index (χ1n) is 8.38. The lowest BCUT2D eigenvalue weighted by Crippen LogP contribution is -2.22. The fourth-order valence-electron chi connectivity index (χ4n) is 3.36. The number of hydrogen-bond acceptors (Lipinski definition) is 2. The molecular formula is C21H18ClNOS. The van der Waals surface area contributed by atoms with Gasteiger partial charge in [0.2, 0.25) is 5.91 Å². The topological polar surface area (TPSA) is 29.1 Å². The van der Waals surface area contributed by atoms with E-state index in [1.807, 2.05) is 37.3 Å². The van der Waals surface area contributed by atoms with E-state index in [0.717, 1.165) is 28.8 Å². The number of nitrogens with one attached hydrogen (secondary N) is 1. The van der Waals surface area contributed by atoms with Crippen molar-refractivity contribution in [2.24, 2.45) is 0 Å². The monoisotopic (exact) mass is 367 g/mol. The Morgan fingerprint density at radius 3 is 2.52 bits per heavy atom. The van der Waals surface area contributed by atoms with Crippen LogP contribution in [0.4, 0.5) is 5.69 Å². The van der Waals surface area contributed by atoms with Crippen molar-refractivity contribution in [1.82, 2.24) is 0 Å². The first-order chi connectivity index (χ1) is 12.1. The van der Waals surface area contributed by atoms with Gasteiger partial charge in [0.15, 0.2) is 0 Å². The van der Waals surface area contributed by atoms with Crippen molar-refractivity contribution in [2.45, 2.75) is 29.9 Å². The normalized spacial score (nSPS) is 13.8. The molecule has 4 rings (SSSR count). The molecule has 0 heterocycles. The number of aryl methyl sites for hydroxylation is 2. The van der Waals surface area contributed by atoms with Crippen LogP contribution in [0.2, 0.25) is 5.02 Å². The SMILES string of the molecule is C[C@@H](Sc1ccc(Cl)cc1)C(=O)Nc1ccc2c3c(cccc13)CC2. The molecule has 0 fully saturated rings. The van der Waals surface area contributed by atoms with E-state index >= 15 is 0 Å². The van der Waals surface area contributed by atoms with Crippen molar-refractivity contribution < 1.29 is 4.79 Å². The van der Waals surface area contributed by atoms with E-state index in [2.05, 4.69) is 29.6 Å². The van der Waals surface area contributed by atoms with Crippen molar-refractivity contribution in [1.29, 1.82) is 0 Å². The molecule has 3 aromatic rings. The Bertz CT molecular complexity index is 942. The summed E-state index contributed by atoms with van der Waals surface area (Å²) in [6.07, 6.45) is 2.18. The molecule has 1 aliphatic carbocycles. The smallest absolute Gasteiger partial charge is 0.237 e. The van der Waals surface area contributed by atoms with Crippen LogP contribution in [-0.2, 0) is 17.6 Å². The van der Waals surface area contributed by atoms with Crippen LogP contribution in [0.1, 0.15) is 18.1 Å². The second-order valence-corrected chi connectivity index (χ2v) is 8.17. The number of halogens is 1. The quantitative estimate of drug-likeness (QED) is 0.598.